The van der Waals surface area contributed by atoms with Gasteiger partial charge in [-0.2, -0.15) is 0 Å². The molecule has 1 aromatic heterocycles. The van der Waals surface area contributed by atoms with Crippen molar-refractivity contribution in [3.05, 3.63) is 53.1 Å². The number of phenolic OH excluding ortho intramolecular Hbond substituents is 2. The van der Waals surface area contributed by atoms with Crippen molar-refractivity contribution in [3.63, 3.8) is 0 Å². The third-order valence-electron chi connectivity index (χ3n) is 2.92. The van der Waals surface area contributed by atoms with Crippen molar-refractivity contribution in [3.8, 4) is 22.6 Å². The first-order valence-corrected chi connectivity index (χ1v) is 5.65. The molecule has 94 valence electrons. The number of aromatic amines is 1. The first kappa shape index (κ1) is 11.3. The monoisotopic (exact) mass is 254 g/mol. The second-order valence-corrected chi connectivity index (χ2v) is 4.17. The predicted octanol–water partition coefficient (Wildman–Crippen LogP) is 2.00. The Morgan fingerprint density at radius 2 is 1.74 bits per heavy atom. The van der Waals surface area contributed by atoms with E-state index in [1.54, 1.807) is 36.4 Å². The molecule has 0 bridgehead atoms. The van der Waals surface area contributed by atoms with Crippen LogP contribution in [0.15, 0.2) is 47.5 Å². The lowest BCUT2D eigenvalue weighted by molar-refractivity contribution is 0.475. The standard InChI is InChI=1S/C14H10N2O3/c17-10-3-1-8(2-4-10)9-5-11-13(12(18)6-9)15-7-16-14(11)19/h1-7,17-18H,(H,15,16,19). The summed E-state index contributed by atoms with van der Waals surface area (Å²) in [5.74, 6) is 0.111. The molecule has 0 unspecified atom stereocenters. The Morgan fingerprint density at radius 3 is 2.47 bits per heavy atom. The van der Waals surface area contributed by atoms with Crippen molar-refractivity contribution in [2.45, 2.75) is 0 Å². The van der Waals surface area contributed by atoms with Gasteiger partial charge in [-0.3, -0.25) is 4.79 Å². The van der Waals surface area contributed by atoms with E-state index in [2.05, 4.69) is 9.97 Å². The average Bonchev–Trinajstić information content (AvgIpc) is 2.41. The normalized spacial score (nSPS) is 10.7. The molecule has 5 heteroatoms. The predicted molar refractivity (Wildman–Crippen MR) is 71.1 cm³/mol. The summed E-state index contributed by atoms with van der Waals surface area (Å²) < 4.78 is 0. The number of nitrogens with zero attached hydrogens (tertiary/aromatic N) is 1. The molecule has 0 saturated heterocycles. The third-order valence-corrected chi connectivity index (χ3v) is 2.92. The van der Waals surface area contributed by atoms with E-state index >= 15 is 0 Å². The van der Waals surface area contributed by atoms with E-state index in [1.807, 2.05) is 0 Å². The van der Waals surface area contributed by atoms with E-state index in [1.165, 1.54) is 6.33 Å². The van der Waals surface area contributed by atoms with Crippen LogP contribution in [0.3, 0.4) is 0 Å². The van der Waals surface area contributed by atoms with Crippen molar-refractivity contribution >= 4 is 10.9 Å². The van der Waals surface area contributed by atoms with E-state index in [9.17, 15) is 15.0 Å². The number of aromatic hydroxyl groups is 2. The van der Waals surface area contributed by atoms with Gasteiger partial charge >= 0.3 is 0 Å². The van der Waals surface area contributed by atoms with Gasteiger partial charge in [-0.15, -0.1) is 0 Å². The first-order chi connectivity index (χ1) is 9.15. The Hall–Kier alpha value is -2.82. The van der Waals surface area contributed by atoms with Crippen LogP contribution < -0.4 is 5.56 Å². The molecule has 0 amide bonds. The number of H-pyrrole nitrogens is 1. The molecule has 0 saturated carbocycles. The summed E-state index contributed by atoms with van der Waals surface area (Å²) in [6.07, 6.45) is 1.25. The highest BCUT2D eigenvalue weighted by Crippen LogP contribution is 2.29. The zero-order chi connectivity index (χ0) is 13.4. The second-order valence-electron chi connectivity index (χ2n) is 4.17. The van der Waals surface area contributed by atoms with Crippen molar-refractivity contribution in [1.82, 2.24) is 9.97 Å². The molecular formula is C14H10N2O3. The number of nitrogens with one attached hydrogen (secondary N) is 1. The lowest BCUT2D eigenvalue weighted by atomic mass is 10.0. The van der Waals surface area contributed by atoms with Gasteiger partial charge in [-0.1, -0.05) is 12.1 Å². The summed E-state index contributed by atoms with van der Waals surface area (Å²) in [6, 6.07) is 9.71. The van der Waals surface area contributed by atoms with E-state index in [0.29, 0.717) is 10.9 Å². The molecule has 19 heavy (non-hydrogen) atoms. The summed E-state index contributed by atoms with van der Waals surface area (Å²) in [4.78, 5) is 18.1. The number of benzene rings is 2. The van der Waals surface area contributed by atoms with Gasteiger partial charge in [-0.05, 0) is 35.4 Å². The summed E-state index contributed by atoms with van der Waals surface area (Å²) in [7, 11) is 0. The minimum Gasteiger partial charge on any atom is -0.508 e. The lowest BCUT2D eigenvalue weighted by Crippen LogP contribution is -2.06. The third kappa shape index (κ3) is 1.91. The lowest BCUT2D eigenvalue weighted by Gasteiger charge is -2.05. The highest BCUT2D eigenvalue weighted by molar-refractivity contribution is 5.88. The van der Waals surface area contributed by atoms with Crippen LogP contribution in [-0.4, -0.2) is 20.2 Å². The number of hydrogen-bond donors (Lipinski definition) is 3. The Morgan fingerprint density at radius 1 is 1.00 bits per heavy atom. The zero-order valence-corrected chi connectivity index (χ0v) is 9.79. The Bertz CT molecular complexity index is 807. The Balaban J connectivity index is 2.29. The van der Waals surface area contributed by atoms with Crippen LogP contribution in [0.2, 0.25) is 0 Å². The molecule has 0 fully saturated rings. The van der Waals surface area contributed by atoms with Crippen LogP contribution in [0, 0.1) is 0 Å². The number of phenols is 2. The summed E-state index contributed by atoms with van der Waals surface area (Å²) in [6.45, 7) is 0. The maximum Gasteiger partial charge on any atom is 0.258 e. The van der Waals surface area contributed by atoms with Gasteiger partial charge in [0, 0.05) is 0 Å². The SMILES string of the molecule is O=c1[nH]cnc2c(O)cc(-c3ccc(O)cc3)cc12. The smallest absolute Gasteiger partial charge is 0.258 e. The van der Waals surface area contributed by atoms with E-state index in [-0.39, 0.29) is 22.6 Å². The molecule has 3 rings (SSSR count). The van der Waals surface area contributed by atoms with E-state index in [0.717, 1.165) is 5.56 Å². The van der Waals surface area contributed by atoms with Crippen molar-refractivity contribution in [2.75, 3.05) is 0 Å². The fourth-order valence-corrected chi connectivity index (χ4v) is 1.98. The summed E-state index contributed by atoms with van der Waals surface area (Å²) >= 11 is 0. The summed E-state index contributed by atoms with van der Waals surface area (Å²) in [5.41, 5.74) is 1.44. The van der Waals surface area contributed by atoms with Gasteiger partial charge in [0.05, 0.1) is 11.7 Å². The molecular weight excluding hydrogens is 244 g/mol. The Kier molecular flexibility index (Phi) is 2.45. The number of aromatic nitrogens is 2. The van der Waals surface area contributed by atoms with E-state index in [4.69, 9.17) is 0 Å². The van der Waals surface area contributed by atoms with Crippen LogP contribution in [0.25, 0.3) is 22.0 Å². The summed E-state index contributed by atoms with van der Waals surface area (Å²) in [5, 5.41) is 19.5. The molecule has 1 heterocycles. The quantitative estimate of drug-likeness (QED) is 0.620. The van der Waals surface area contributed by atoms with Crippen molar-refractivity contribution in [2.24, 2.45) is 0 Å². The highest BCUT2D eigenvalue weighted by atomic mass is 16.3. The molecule has 5 nitrogen and oxygen atoms in total. The molecule has 3 aromatic rings. The van der Waals surface area contributed by atoms with Crippen molar-refractivity contribution in [1.29, 1.82) is 0 Å². The zero-order valence-electron chi connectivity index (χ0n) is 9.79. The number of fused-ring (bicyclic) bond motifs is 1. The van der Waals surface area contributed by atoms with Crippen LogP contribution >= 0.6 is 0 Å². The van der Waals surface area contributed by atoms with E-state index < -0.39 is 0 Å². The molecule has 2 aromatic carbocycles. The van der Waals surface area contributed by atoms with Gasteiger partial charge in [0.1, 0.15) is 17.0 Å². The molecule has 3 N–H and O–H groups in total. The fraction of sp³-hybridized carbons (Fsp3) is 0. The van der Waals surface area contributed by atoms with Crippen LogP contribution in [0.4, 0.5) is 0 Å². The largest absolute Gasteiger partial charge is 0.508 e. The Labute approximate surface area is 107 Å². The maximum atomic E-state index is 11.7. The minimum atomic E-state index is -0.305. The van der Waals surface area contributed by atoms with Gasteiger partial charge in [0.25, 0.3) is 5.56 Å². The first-order valence-electron chi connectivity index (χ1n) is 5.65. The molecule has 0 aliphatic carbocycles. The molecule has 0 atom stereocenters. The topological polar surface area (TPSA) is 86.2 Å². The fourth-order valence-electron chi connectivity index (χ4n) is 1.98. The number of rotatable bonds is 1. The van der Waals surface area contributed by atoms with Crippen molar-refractivity contribution < 1.29 is 10.2 Å². The molecule has 0 radical (unpaired) electrons. The van der Waals surface area contributed by atoms with Crippen LogP contribution in [0.1, 0.15) is 0 Å². The molecule has 0 aliphatic heterocycles. The molecule has 0 spiro atoms. The number of hydrogen-bond acceptors (Lipinski definition) is 4. The maximum absolute atomic E-state index is 11.7. The van der Waals surface area contributed by atoms with Crippen LogP contribution in [0.5, 0.6) is 11.5 Å². The van der Waals surface area contributed by atoms with Gasteiger partial charge < -0.3 is 15.2 Å². The molecule has 0 aliphatic rings. The van der Waals surface area contributed by atoms with Gasteiger partial charge in [0.2, 0.25) is 0 Å². The minimum absolute atomic E-state index is 0.0494. The van der Waals surface area contributed by atoms with Crippen LogP contribution in [-0.2, 0) is 0 Å². The van der Waals surface area contributed by atoms with Gasteiger partial charge in [0.15, 0.2) is 0 Å². The average molecular weight is 254 g/mol. The van der Waals surface area contributed by atoms with Gasteiger partial charge in [-0.25, -0.2) is 4.98 Å². The highest BCUT2D eigenvalue weighted by Gasteiger charge is 2.08. The second kappa shape index (κ2) is 4.13.